The van der Waals surface area contributed by atoms with Crippen molar-refractivity contribution in [2.75, 3.05) is 28.4 Å². The lowest BCUT2D eigenvalue weighted by molar-refractivity contribution is -0.131. The van der Waals surface area contributed by atoms with Crippen molar-refractivity contribution < 1.29 is 23.7 Å². The Balaban J connectivity index is 2.17. The summed E-state index contributed by atoms with van der Waals surface area (Å²) in [5, 5.41) is 11.9. The van der Waals surface area contributed by atoms with Crippen molar-refractivity contribution in [2.45, 2.75) is 12.6 Å². The van der Waals surface area contributed by atoms with Crippen molar-refractivity contribution in [3.63, 3.8) is 0 Å². The van der Waals surface area contributed by atoms with Gasteiger partial charge in [0.25, 0.3) is 5.91 Å². The van der Waals surface area contributed by atoms with Crippen LogP contribution in [0.1, 0.15) is 22.8 Å². The van der Waals surface area contributed by atoms with Crippen LogP contribution in [0.2, 0.25) is 0 Å². The van der Waals surface area contributed by atoms with Crippen LogP contribution < -0.4 is 19.5 Å². The molecule has 0 radical (unpaired) electrons. The van der Waals surface area contributed by atoms with Crippen molar-refractivity contribution >= 4 is 5.91 Å². The first-order valence-electron chi connectivity index (χ1n) is 8.17. The van der Waals surface area contributed by atoms with Gasteiger partial charge in [0.05, 0.1) is 33.0 Å². The zero-order valence-corrected chi connectivity index (χ0v) is 15.7. The van der Waals surface area contributed by atoms with Crippen LogP contribution in [0.4, 0.5) is 0 Å². The van der Waals surface area contributed by atoms with Crippen LogP contribution in [-0.4, -0.2) is 34.3 Å². The van der Waals surface area contributed by atoms with Gasteiger partial charge in [0.1, 0.15) is 0 Å². The van der Waals surface area contributed by atoms with Crippen LogP contribution in [0.15, 0.2) is 36.4 Å². The van der Waals surface area contributed by atoms with Crippen molar-refractivity contribution in [1.29, 1.82) is 5.26 Å². The number of hydrogen-bond donors (Lipinski definition) is 1. The summed E-state index contributed by atoms with van der Waals surface area (Å²) in [6.45, 7) is 0.243. The van der Waals surface area contributed by atoms with E-state index in [1.165, 1.54) is 28.4 Å². The number of nitriles is 1. The van der Waals surface area contributed by atoms with Gasteiger partial charge in [0.15, 0.2) is 17.6 Å². The predicted molar refractivity (Wildman–Crippen MR) is 98.9 cm³/mol. The zero-order valence-electron chi connectivity index (χ0n) is 15.7. The summed E-state index contributed by atoms with van der Waals surface area (Å²) in [7, 11) is 6.04. The molecule has 2 aromatic rings. The molecule has 0 saturated carbocycles. The van der Waals surface area contributed by atoms with Gasteiger partial charge >= 0.3 is 0 Å². The van der Waals surface area contributed by atoms with Gasteiger partial charge in [0.2, 0.25) is 5.75 Å². The molecule has 0 fully saturated rings. The second-order valence-corrected chi connectivity index (χ2v) is 5.60. The normalized spacial score (nSPS) is 11.2. The first-order chi connectivity index (χ1) is 13.1. The van der Waals surface area contributed by atoms with E-state index in [1.54, 1.807) is 36.4 Å². The van der Waals surface area contributed by atoms with E-state index in [4.69, 9.17) is 24.2 Å². The van der Waals surface area contributed by atoms with E-state index < -0.39 is 6.10 Å². The summed E-state index contributed by atoms with van der Waals surface area (Å²) >= 11 is 0. The van der Waals surface area contributed by atoms with Crippen molar-refractivity contribution in [1.82, 2.24) is 5.32 Å². The molecule has 0 spiro atoms. The number of ether oxygens (including phenoxy) is 4. The molecule has 142 valence electrons. The van der Waals surface area contributed by atoms with Crippen LogP contribution in [0.25, 0.3) is 0 Å². The number of benzene rings is 2. The van der Waals surface area contributed by atoms with Crippen molar-refractivity contribution in [3.8, 4) is 23.3 Å². The van der Waals surface area contributed by atoms with Gasteiger partial charge in [-0.25, -0.2) is 0 Å². The highest BCUT2D eigenvalue weighted by molar-refractivity contribution is 5.82. The van der Waals surface area contributed by atoms with E-state index >= 15 is 0 Å². The quantitative estimate of drug-likeness (QED) is 0.768. The number of amides is 1. The number of nitrogens with zero attached hydrogens (tertiary/aromatic N) is 1. The first kappa shape index (κ1) is 20.1. The molecule has 0 aliphatic rings. The van der Waals surface area contributed by atoms with E-state index in [0.29, 0.717) is 28.4 Å². The molecule has 2 aromatic carbocycles. The number of rotatable bonds is 8. The highest BCUT2D eigenvalue weighted by Gasteiger charge is 2.21. The summed E-state index contributed by atoms with van der Waals surface area (Å²) < 4.78 is 21.2. The van der Waals surface area contributed by atoms with Crippen molar-refractivity contribution in [2.24, 2.45) is 0 Å². The molecule has 1 unspecified atom stereocenters. The molecule has 0 aliphatic heterocycles. The van der Waals surface area contributed by atoms with E-state index in [9.17, 15) is 4.79 Å². The van der Waals surface area contributed by atoms with Crippen LogP contribution in [0, 0.1) is 11.3 Å². The minimum absolute atomic E-state index is 0.243. The molecule has 0 saturated heterocycles. The van der Waals surface area contributed by atoms with Gasteiger partial charge in [-0.05, 0) is 35.4 Å². The third kappa shape index (κ3) is 4.68. The molecular weight excluding hydrogens is 348 g/mol. The lowest BCUT2D eigenvalue weighted by Gasteiger charge is -2.17. The second kappa shape index (κ2) is 9.46. The average Bonchev–Trinajstić information content (AvgIpc) is 2.71. The third-order valence-electron chi connectivity index (χ3n) is 3.98. The SMILES string of the molecule is COc1cc(CNC(=O)C(OC)c2cccc(C#N)c2)cc(OC)c1OC. The fraction of sp³-hybridized carbons (Fsp3) is 0.300. The Bertz CT molecular complexity index is 820. The molecule has 1 N–H and O–H groups in total. The number of methoxy groups -OCH3 is 4. The maximum Gasteiger partial charge on any atom is 0.254 e. The Hall–Kier alpha value is -3.24. The Morgan fingerprint density at radius 2 is 1.74 bits per heavy atom. The Morgan fingerprint density at radius 1 is 1.07 bits per heavy atom. The topological polar surface area (TPSA) is 89.8 Å². The summed E-state index contributed by atoms with van der Waals surface area (Å²) in [5.74, 6) is 1.18. The Labute approximate surface area is 158 Å². The van der Waals surface area contributed by atoms with Gasteiger partial charge < -0.3 is 24.3 Å². The summed E-state index contributed by atoms with van der Waals surface area (Å²) in [6, 6.07) is 12.3. The van der Waals surface area contributed by atoms with Gasteiger partial charge in [-0.15, -0.1) is 0 Å². The van der Waals surface area contributed by atoms with Crippen LogP contribution in [0.5, 0.6) is 17.2 Å². The van der Waals surface area contributed by atoms with Crippen LogP contribution in [-0.2, 0) is 16.1 Å². The van der Waals surface area contributed by atoms with Gasteiger partial charge in [-0.1, -0.05) is 12.1 Å². The number of carbonyl (C=O) groups excluding carboxylic acids is 1. The van der Waals surface area contributed by atoms with Gasteiger partial charge in [-0.2, -0.15) is 5.26 Å². The molecule has 0 heterocycles. The monoisotopic (exact) mass is 370 g/mol. The molecular formula is C20H22N2O5. The van der Waals surface area contributed by atoms with Crippen molar-refractivity contribution in [3.05, 3.63) is 53.1 Å². The number of nitrogens with one attached hydrogen (secondary N) is 1. The molecule has 1 amide bonds. The molecule has 7 nitrogen and oxygen atoms in total. The third-order valence-corrected chi connectivity index (χ3v) is 3.98. The molecule has 7 heteroatoms. The van der Waals surface area contributed by atoms with E-state index in [2.05, 4.69) is 11.4 Å². The molecule has 0 bridgehead atoms. The highest BCUT2D eigenvalue weighted by Crippen LogP contribution is 2.38. The fourth-order valence-electron chi connectivity index (χ4n) is 2.69. The first-order valence-corrected chi connectivity index (χ1v) is 8.17. The van der Waals surface area contributed by atoms with Gasteiger partial charge in [-0.3, -0.25) is 4.79 Å². The minimum Gasteiger partial charge on any atom is -0.493 e. The fourth-order valence-corrected chi connectivity index (χ4v) is 2.69. The molecule has 0 aliphatic carbocycles. The summed E-state index contributed by atoms with van der Waals surface area (Å²) in [6.07, 6.45) is -0.819. The van der Waals surface area contributed by atoms with Crippen LogP contribution >= 0.6 is 0 Å². The highest BCUT2D eigenvalue weighted by atomic mass is 16.5. The second-order valence-electron chi connectivity index (χ2n) is 5.60. The summed E-state index contributed by atoms with van der Waals surface area (Å²) in [5.41, 5.74) is 1.85. The van der Waals surface area contributed by atoms with Crippen LogP contribution in [0.3, 0.4) is 0 Å². The Kier molecular flexibility index (Phi) is 7.03. The molecule has 2 rings (SSSR count). The number of carbonyl (C=O) groups is 1. The predicted octanol–water partition coefficient (Wildman–Crippen LogP) is 2.59. The maximum atomic E-state index is 12.6. The number of hydrogen-bond acceptors (Lipinski definition) is 6. The smallest absolute Gasteiger partial charge is 0.254 e. The van der Waals surface area contributed by atoms with E-state index in [0.717, 1.165) is 5.56 Å². The maximum absolute atomic E-state index is 12.6. The lowest BCUT2D eigenvalue weighted by Crippen LogP contribution is -2.30. The largest absolute Gasteiger partial charge is 0.493 e. The summed E-state index contributed by atoms with van der Waals surface area (Å²) in [4.78, 5) is 12.6. The lowest BCUT2D eigenvalue weighted by atomic mass is 10.1. The minimum atomic E-state index is -0.819. The Morgan fingerprint density at radius 3 is 2.26 bits per heavy atom. The van der Waals surface area contributed by atoms with E-state index in [1.807, 2.05) is 0 Å². The van der Waals surface area contributed by atoms with E-state index in [-0.39, 0.29) is 12.5 Å². The molecule has 27 heavy (non-hydrogen) atoms. The van der Waals surface area contributed by atoms with Gasteiger partial charge in [0, 0.05) is 13.7 Å². The zero-order chi connectivity index (χ0) is 19.8. The molecule has 1 atom stereocenters. The average molecular weight is 370 g/mol. The standard InChI is InChI=1S/C20H22N2O5/c1-24-16-9-14(10-17(25-2)19(16)27-4)12-22-20(23)18(26-3)15-7-5-6-13(8-15)11-21/h5-10,18H,12H2,1-4H3,(H,22,23). The molecule has 0 aromatic heterocycles.